The molecular weight excluding hydrogens is 340 g/mol. The molecule has 3 rings (SSSR count). The van der Waals surface area contributed by atoms with E-state index >= 15 is 0 Å². The van der Waals surface area contributed by atoms with Crippen molar-refractivity contribution in [2.45, 2.75) is 6.54 Å². The van der Waals surface area contributed by atoms with E-state index in [0.29, 0.717) is 17.5 Å². The van der Waals surface area contributed by atoms with E-state index in [0.717, 1.165) is 21.1 Å². The Morgan fingerprint density at radius 1 is 1.25 bits per heavy atom. The molecule has 0 aliphatic carbocycles. The summed E-state index contributed by atoms with van der Waals surface area (Å²) in [7, 11) is 0. The number of hydrogen-bond acceptors (Lipinski definition) is 3. The van der Waals surface area contributed by atoms with Gasteiger partial charge in [0.25, 0.3) is 0 Å². The standard InChI is InChI=1S/C14H12BrClN4/c15-10-6-5-9(11(16)7-10)8-20-13-4-2-1-3-12(13)18-14(20)19-17/h1-7H,8,17H2,(H,18,19). The number of benzene rings is 2. The summed E-state index contributed by atoms with van der Waals surface area (Å²) in [6, 6.07) is 13.7. The van der Waals surface area contributed by atoms with Gasteiger partial charge in [0, 0.05) is 9.50 Å². The van der Waals surface area contributed by atoms with Gasteiger partial charge in [0.05, 0.1) is 17.6 Å². The molecular formula is C14H12BrClN4. The summed E-state index contributed by atoms with van der Waals surface area (Å²) in [6.45, 7) is 0.603. The van der Waals surface area contributed by atoms with Gasteiger partial charge < -0.3 is 4.57 Å². The molecule has 0 unspecified atom stereocenters. The lowest BCUT2D eigenvalue weighted by Gasteiger charge is -2.10. The second-order valence-corrected chi connectivity index (χ2v) is 5.71. The summed E-state index contributed by atoms with van der Waals surface area (Å²) in [5.41, 5.74) is 5.55. The molecule has 102 valence electrons. The number of aromatic nitrogens is 2. The first-order valence-corrected chi connectivity index (χ1v) is 7.22. The average Bonchev–Trinajstić information content (AvgIpc) is 2.80. The van der Waals surface area contributed by atoms with E-state index in [2.05, 4.69) is 26.3 Å². The maximum Gasteiger partial charge on any atom is 0.218 e. The number of imidazole rings is 1. The van der Waals surface area contributed by atoms with Crippen molar-refractivity contribution >= 4 is 44.5 Å². The van der Waals surface area contributed by atoms with Crippen molar-refractivity contribution < 1.29 is 0 Å². The molecule has 0 saturated carbocycles. The van der Waals surface area contributed by atoms with Crippen molar-refractivity contribution in [3.8, 4) is 0 Å². The largest absolute Gasteiger partial charge is 0.305 e. The summed E-state index contributed by atoms with van der Waals surface area (Å²) in [6.07, 6.45) is 0. The van der Waals surface area contributed by atoms with Crippen LogP contribution in [0, 0.1) is 0 Å². The van der Waals surface area contributed by atoms with Crippen LogP contribution in [0.4, 0.5) is 5.95 Å². The van der Waals surface area contributed by atoms with Crippen LogP contribution in [0.15, 0.2) is 46.9 Å². The SMILES string of the molecule is NNc1nc2ccccc2n1Cc1ccc(Br)cc1Cl. The molecule has 3 N–H and O–H groups in total. The van der Waals surface area contributed by atoms with Gasteiger partial charge in [-0.2, -0.15) is 0 Å². The van der Waals surface area contributed by atoms with Crippen LogP contribution in [-0.4, -0.2) is 9.55 Å². The van der Waals surface area contributed by atoms with E-state index in [-0.39, 0.29) is 0 Å². The van der Waals surface area contributed by atoms with Gasteiger partial charge in [0.2, 0.25) is 5.95 Å². The third kappa shape index (κ3) is 2.40. The first-order valence-electron chi connectivity index (χ1n) is 6.05. The van der Waals surface area contributed by atoms with Crippen molar-refractivity contribution in [1.29, 1.82) is 0 Å². The number of nitrogens with zero attached hydrogens (tertiary/aromatic N) is 2. The Labute approximate surface area is 129 Å². The van der Waals surface area contributed by atoms with Gasteiger partial charge in [0.15, 0.2) is 0 Å². The lowest BCUT2D eigenvalue weighted by molar-refractivity contribution is 0.827. The Hall–Kier alpha value is -1.56. The van der Waals surface area contributed by atoms with Crippen LogP contribution in [0.1, 0.15) is 5.56 Å². The van der Waals surface area contributed by atoms with Crippen LogP contribution < -0.4 is 11.3 Å². The zero-order valence-corrected chi connectivity index (χ0v) is 12.8. The topological polar surface area (TPSA) is 55.9 Å². The number of hydrazine groups is 1. The average molecular weight is 352 g/mol. The molecule has 0 atom stereocenters. The first-order chi connectivity index (χ1) is 9.69. The smallest absolute Gasteiger partial charge is 0.218 e. The lowest BCUT2D eigenvalue weighted by atomic mass is 10.2. The van der Waals surface area contributed by atoms with Crippen LogP contribution in [0.5, 0.6) is 0 Å². The number of anilines is 1. The number of nitrogens with one attached hydrogen (secondary N) is 1. The highest BCUT2D eigenvalue weighted by molar-refractivity contribution is 9.10. The van der Waals surface area contributed by atoms with Gasteiger partial charge in [0.1, 0.15) is 0 Å². The van der Waals surface area contributed by atoms with Crippen molar-refractivity contribution in [1.82, 2.24) is 9.55 Å². The van der Waals surface area contributed by atoms with Crippen LogP contribution in [0.25, 0.3) is 11.0 Å². The van der Waals surface area contributed by atoms with E-state index in [1.54, 1.807) is 0 Å². The molecule has 3 aromatic rings. The maximum atomic E-state index is 6.28. The summed E-state index contributed by atoms with van der Waals surface area (Å²) in [5.74, 6) is 6.17. The Morgan fingerprint density at radius 3 is 2.80 bits per heavy atom. The van der Waals surface area contributed by atoms with E-state index in [4.69, 9.17) is 17.4 Å². The normalized spacial score (nSPS) is 10.9. The van der Waals surface area contributed by atoms with Gasteiger partial charge >= 0.3 is 0 Å². The van der Waals surface area contributed by atoms with E-state index < -0.39 is 0 Å². The molecule has 0 amide bonds. The Bertz CT molecular complexity index is 769. The summed E-state index contributed by atoms with van der Waals surface area (Å²) in [4.78, 5) is 4.45. The van der Waals surface area contributed by atoms with Crippen molar-refractivity contribution in [2.75, 3.05) is 5.43 Å². The number of fused-ring (bicyclic) bond motifs is 1. The molecule has 0 saturated heterocycles. The molecule has 0 spiro atoms. The zero-order chi connectivity index (χ0) is 14.1. The van der Waals surface area contributed by atoms with E-state index in [1.807, 2.05) is 47.0 Å². The summed E-state index contributed by atoms with van der Waals surface area (Å²) < 4.78 is 2.96. The van der Waals surface area contributed by atoms with E-state index in [9.17, 15) is 0 Å². The minimum atomic E-state index is 0.603. The molecule has 1 aromatic heterocycles. The van der Waals surface area contributed by atoms with E-state index in [1.165, 1.54) is 0 Å². The second kappa shape index (κ2) is 5.44. The number of nitrogens with two attached hydrogens (primary N) is 1. The highest BCUT2D eigenvalue weighted by atomic mass is 79.9. The van der Waals surface area contributed by atoms with Crippen LogP contribution in [0.3, 0.4) is 0 Å². The predicted molar refractivity (Wildman–Crippen MR) is 85.8 cm³/mol. The molecule has 1 heterocycles. The number of para-hydroxylation sites is 2. The Kier molecular flexibility index (Phi) is 3.65. The molecule has 2 aromatic carbocycles. The maximum absolute atomic E-state index is 6.28. The summed E-state index contributed by atoms with van der Waals surface area (Å²) >= 11 is 9.68. The number of halogens is 2. The van der Waals surface area contributed by atoms with Crippen molar-refractivity contribution in [3.63, 3.8) is 0 Å². The molecule has 0 radical (unpaired) electrons. The first kappa shape index (κ1) is 13.4. The fraction of sp³-hybridized carbons (Fsp3) is 0.0714. The minimum absolute atomic E-state index is 0.603. The molecule has 0 fully saturated rings. The van der Waals surface area contributed by atoms with Gasteiger partial charge in [-0.25, -0.2) is 10.8 Å². The predicted octanol–water partition coefficient (Wildman–Crippen LogP) is 3.79. The van der Waals surface area contributed by atoms with Crippen molar-refractivity contribution in [3.05, 3.63) is 57.5 Å². The molecule has 4 nitrogen and oxygen atoms in total. The third-order valence-electron chi connectivity index (χ3n) is 3.13. The number of rotatable bonds is 3. The quantitative estimate of drug-likeness (QED) is 0.557. The number of hydrogen-bond donors (Lipinski definition) is 2. The highest BCUT2D eigenvalue weighted by Crippen LogP contribution is 2.25. The zero-order valence-electron chi connectivity index (χ0n) is 10.5. The molecule has 20 heavy (non-hydrogen) atoms. The van der Waals surface area contributed by atoms with Gasteiger partial charge in [-0.1, -0.05) is 45.7 Å². The van der Waals surface area contributed by atoms with Crippen LogP contribution in [-0.2, 0) is 6.54 Å². The highest BCUT2D eigenvalue weighted by Gasteiger charge is 2.11. The van der Waals surface area contributed by atoms with Crippen LogP contribution in [0.2, 0.25) is 5.02 Å². The monoisotopic (exact) mass is 350 g/mol. The van der Waals surface area contributed by atoms with Crippen LogP contribution >= 0.6 is 27.5 Å². The second-order valence-electron chi connectivity index (χ2n) is 4.39. The molecule has 0 aliphatic rings. The lowest BCUT2D eigenvalue weighted by Crippen LogP contribution is -2.14. The molecule has 0 aliphatic heterocycles. The van der Waals surface area contributed by atoms with Gasteiger partial charge in [-0.3, -0.25) is 5.43 Å². The summed E-state index contributed by atoms with van der Waals surface area (Å²) in [5, 5.41) is 0.708. The minimum Gasteiger partial charge on any atom is -0.305 e. The number of nitrogen functional groups attached to an aromatic ring is 1. The fourth-order valence-corrected chi connectivity index (χ4v) is 2.90. The Balaban J connectivity index is 2.09. The molecule has 6 heteroatoms. The molecule has 0 bridgehead atoms. The van der Waals surface area contributed by atoms with Gasteiger partial charge in [-0.15, -0.1) is 0 Å². The fourth-order valence-electron chi connectivity index (χ4n) is 2.17. The Morgan fingerprint density at radius 2 is 2.05 bits per heavy atom. The third-order valence-corrected chi connectivity index (χ3v) is 3.97. The van der Waals surface area contributed by atoms with Crippen molar-refractivity contribution in [2.24, 2.45) is 5.84 Å². The van der Waals surface area contributed by atoms with Gasteiger partial charge in [-0.05, 0) is 29.8 Å².